The lowest BCUT2D eigenvalue weighted by Crippen LogP contribution is -2.17. The van der Waals surface area contributed by atoms with Crippen molar-refractivity contribution in [3.8, 4) is 0 Å². The number of ether oxygens (including phenoxy) is 1. The number of nitrogens with two attached hydrogens (primary N) is 1. The molecule has 0 radical (unpaired) electrons. The van der Waals surface area contributed by atoms with E-state index in [1.54, 1.807) is 0 Å². The molecule has 1 aliphatic heterocycles. The Morgan fingerprint density at radius 2 is 2.06 bits per heavy atom. The Labute approximate surface area is 111 Å². The second-order valence-electron chi connectivity index (χ2n) is 5.66. The largest absolute Gasteiger partial charge is 0.478 e. The number of hydrogen-bond donors (Lipinski definition) is 1. The number of unbranched alkanes of at least 4 members (excludes halogenated alkanes) is 1. The summed E-state index contributed by atoms with van der Waals surface area (Å²) in [5.41, 5.74) is 8.20. The van der Waals surface area contributed by atoms with Gasteiger partial charge in [0.2, 0.25) is 5.90 Å². The van der Waals surface area contributed by atoms with Gasteiger partial charge in [-0.2, -0.15) is 0 Å². The Kier molecular flexibility index (Phi) is 5.60. The summed E-state index contributed by atoms with van der Waals surface area (Å²) in [6.07, 6.45) is 6.37. The zero-order valence-electron chi connectivity index (χ0n) is 12.1. The van der Waals surface area contributed by atoms with Crippen molar-refractivity contribution in [2.24, 2.45) is 16.1 Å². The van der Waals surface area contributed by atoms with Gasteiger partial charge in [-0.25, -0.2) is 4.99 Å². The van der Waals surface area contributed by atoms with Crippen LogP contribution in [0.2, 0.25) is 0 Å². The molecule has 3 heteroatoms. The quantitative estimate of drug-likeness (QED) is 0.779. The maximum absolute atomic E-state index is 5.76. The Bertz CT molecular complexity index is 359. The minimum absolute atomic E-state index is 0.137. The number of nitrogens with zero attached hydrogens (tertiary/aromatic N) is 1. The van der Waals surface area contributed by atoms with Gasteiger partial charge in [0, 0.05) is 12.1 Å². The van der Waals surface area contributed by atoms with Crippen LogP contribution in [-0.4, -0.2) is 25.6 Å². The van der Waals surface area contributed by atoms with E-state index in [0.717, 1.165) is 30.9 Å². The highest BCUT2D eigenvalue weighted by Crippen LogP contribution is 2.27. The molecule has 0 aromatic heterocycles. The molecule has 0 saturated carbocycles. The van der Waals surface area contributed by atoms with Gasteiger partial charge in [0.05, 0.1) is 13.2 Å². The van der Waals surface area contributed by atoms with Crippen molar-refractivity contribution in [2.45, 2.75) is 40.5 Å². The first-order chi connectivity index (χ1) is 8.49. The highest BCUT2D eigenvalue weighted by Gasteiger charge is 2.19. The monoisotopic (exact) mass is 250 g/mol. The van der Waals surface area contributed by atoms with Gasteiger partial charge in [0.25, 0.3) is 0 Å². The molecule has 1 rings (SSSR count). The third-order valence-electron chi connectivity index (χ3n) is 3.07. The molecule has 2 N–H and O–H groups in total. The molecule has 0 bridgehead atoms. The predicted octanol–water partition coefficient (Wildman–Crippen LogP) is 3.07. The molecule has 0 unspecified atom stereocenters. The maximum atomic E-state index is 5.76. The van der Waals surface area contributed by atoms with Gasteiger partial charge in [-0.1, -0.05) is 46.3 Å². The van der Waals surface area contributed by atoms with Gasteiger partial charge in [-0.3, -0.25) is 0 Å². The van der Waals surface area contributed by atoms with Gasteiger partial charge in [-0.15, -0.1) is 0 Å². The zero-order valence-corrected chi connectivity index (χ0v) is 12.1. The van der Waals surface area contributed by atoms with E-state index in [0.29, 0.717) is 13.1 Å². The molecule has 0 aromatic carbocycles. The van der Waals surface area contributed by atoms with Crippen molar-refractivity contribution in [3.05, 3.63) is 23.3 Å². The van der Waals surface area contributed by atoms with Gasteiger partial charge >= 0.3 is 0 Å². The van der Waals surface area contributed by atoms with E-state index in [1.807, 2.05) is 0 Å². The lowest BCUT2D eigenvalue weighted by molar-refractivity contribution is 0.295. The molecular formula is C15H26N2O. The highest BCUT2D eigenvalue weighted by atomic mass is 16.5. The topological polar surface area (TPSA) is 47.6 Å². The summed E-state index contributed by atoms with van der Waals surface area (Å²) in [4.78, 5) is 4.57. The lowest BCUT2D eigenvalue weighted by Gasteiger charge is -2.20. The van der Waals surface area contributed by atoms with Crippen LogP contribution in [0, 0.1) is 5.41 Å². The van der Waals surface area contributed by atoms with Crippen LogP contribution in [0.25, 0.3) is 0 Å². The standard InChI is InChI=1S/C15H26N2O/c1-5-6-9-18-14-12(10-16)7-8-13(11-17-14)15(2,3)4/h7-8H,5-6,9-11,16H2,1-4H3. The van der Waals surface area contributed by atoms with Crippen LogP contribution < -0.4 is 5.73 Å². The van der Waals surface area contributed by atoms with Crippen LogP contribution in [0.15, 0.2) is 28.3 Å². The second kappa shape index (κ2) is 6.74. The number of allylic oxidation sites excluding steroid dienone is 2. The van der Waals surface area contributed by atoms with E-state index in [-0.39, 0.29) is 5.41 Å². The first kappa shape index (κ1) is 15.0. The molecule has 3 nitrogen and oxygen atoms in total. The van der Waals surface area contributed by atoms with Crippen LogP contribution in [-0.2, 0) is 4.74 Å². The van der Waals surface area contributed by atoms with Crippen LogP contribution in [0.5, 0.6) is 0 Å². The minimum atomic E-state index is 0.137. The fourth-order valence-corrected chi connectivity index (χ4v) is 1.68. The predicted molar refractivity (Wildman–Crippen MR) is 77.8 cm³/mol. The van der Waals surface area contributed by atoms with E-state index in [9.17, 15) is 0 Å². The molecule has 0 aromatic rings. The second-order valence-corrected chi connectivity index (χ2v) is 5.66. The van der Waals surface area contributed by atoms with Crippen molar-refractivity contribution in [2.75, 3.05) is 19.7 Å². The molecule has 1 heterocycles. The minimum Gasteiger partial charge on any atom is -0.478 e. The summed E-state index contributed by atoms with van der Waals surface area (Å²) in [6.45, 7) is 10.6. The fraction of sp³-hybridized carbons (Fsp3) is 0.667. The fourth-order valence-electron chi connectivity index (χ4n) is 1.68. The van der Waals surface area contributed by atoms with Crippen molar-refractivity contribution in [3.63, 3.8) is 0 Å². The lowest BCUT2D eigenvalue weighted by atomic mass is 9.86. The smallest absolute Gasteiger partial charge is 0.213 e. The van der Waals surface area contributed by atoms with Gasteiger partial charge < -0.3 is 10.5 Å². The molecule has 1 aliphatic rings. The third-order valence-corrected chi connectivity index (χ3v) is 3.07. The molecule has 0 fully saturated rings. The number of rotatable bonds is 4. The molecular weight excluding hydrogens is 224 g/mol. The molecule has 0 aliphatic carbocycles. The summed E-state index contributed by atoms with van der Waals surface area (Å²) < 4.78 is 5.74. The molecule has 0 spiro atoms. The van der Waals surface area contributed by atoms with Crippen molar-refractivity contribution >= 4 is 5.90 Å². The molecule has 0 amide bonds. The molecule has 0 atom stereocenters. The van der Waals surface area contributed by atoms with Crippen LogP contribution >= 0.6 is 0 Å². The zero-order chi connectivity index (χ0) is 13.6. The summed E-state index contributed by atoms with van der Waals surface area (Å²) in [7, 11) is 0. The van der Waals surface area contributed by atoms with Gasteiger partial charge in [0.15, 0.2) is 0 Å². The highest BCUT2D eigenvalue weighted by molar-refractivity contribution is 5.94. The van der Waals surface area contributed by atoms with E-state index >= 15 is 0 Å². The first-order valence-corrected chi connectivity index (χ1v) is 6.77. The van der Waals surface area contributed by atoms with E-state index in [1.165, 1.54) is 5.57 Å². The maximum Gasteiger partial charge on any atom is 0.213 e. The number of hydrogen-bond acceptors (Lipinski definition) is 3. The average molecular weight is 250 g/mol. The normalized spacial score (nSPS) is 16.6. The van der Waals surface area contributed by atoms with E-state index in [4.69, 9.17) is 10.5 Å². The van der Waals surface area contributed by atoms with Crippen LogP contribution in [0.1, 0.15) is 40.5 Å². The van der Waals surface area contributed by atoms with E-state index in [2.05, 4.69) is 44.8 Å². The van der Waals surface area contributed by atoms with Crippen molar-refractivity contribution < 1.29 is 4.74 Å². The van der Waals surface area contributed by atoms with Crippen molar-refractivity contribution in [1.29, 1.82) is 0 Å². The Hall–Kier alpha value is -1.09. The molecule has 102 valence electrons. The summed E-state index contributed by atoms with van der Waals surface area (Å²) in [5, 5.41) is 0. The summed E-state index contributed by atoms with van der Waals surface area (Å²) in [6, 6.07) is 0. The van der Waals surface area contributed by atoms with Crippen LogP contribution in [0.4, 0.5) is 0 Å². The van der Waals surface area contributed by atoms with Gasteiger partial charge in [0.1, 0.15) is 0 Å². The Morgan fingerprint density at radius 1 is 1.33 bits per heavy atom. The van der Waals surface area contributed by atoms with Gasteiger partial charge in [-0.05, 0) is 17.4 Å². The Morgan fingerprint density at radius 3 is 2.61 bits per heavy atom. The summed E-state index contributed by atoms with van der Waals surface area (Å²) in [5.74, 6) is 0.724. The van der Waals surface area contributed by atoms with E-state index < -0.39 is 0 Å². The molecule has 18 heavy (non-hydrogen) atoms. The van der Waals surface area contributed by atoms with Crippen LogP contribution in [0.3, 0.4) is 0 Å². The average Bonchev–Trinajstić information content (AvgIpc) is 2.51. The summed E-state index contributed by atoms with van der Waals surface area (Å²) >= 11 is 0. The Balaban J connectivity index is 2.80. The van der Waals surface area contributed by atoms with Crippen molar-refractivity contribution in [1.82, 2.24) is 0 Å². The first-order valence-electron chi connectivity index (χ1n) is 6.77. The number of aliphatic imine (C=N–C) groups is 1. The third kappa shape index (κ3) is 4.30. The SMILES string of the molecule is CCCCOC1=NCC(C(C)(C)C)=CC=C1CN. The molecule has 0 saturated heterocycles.